The second-order valence-electron chi connectivity index (χ2n) is 10.8. The number of anilines is 3. The smallest absolute Gasteiger partial charge is 0.200 e. The Morgan fingerprint density at radius 2 is 1.00 bits per heavy atom. The van der Waals surface area contributed by atoms with Gasteiger partial charge in [0.1, 0.15) is 11.2 Å². The van der Waals surface area contributed by atoms with Crippen LogP contribution in [0.15, 0.2) is 149 Å². The Hall–Kier alpha value is -5.41. The van der Waals surface area contributed by atoms with Crippen LogP contribution in [-0.4, -0.2) is 0 Å². The van der Waals surface area contributed by atoms with Crippen molar-refractivity contribution >= 4 is 39.0 Å². The molecule has 3 heteroatoms. The van der Waals surface area contributed by atoms with Crippen LogP contribution in [0.5, 0.6) is 0 Å². The maximum atomic E-state index is 13.3. The minimum atomic E-state index is -0.448. The van der Waals surface area contributed by atoms with Gasteiger partial charge in [-0.25, -0.2) is 0 Å². The lowest BCUT2D eigenvalue weighted by Crippen LogP contribution is -2.36. The lowest BCUT2D eigenvalue weighted by Gasteiger charge is -2.45. The summed E-state index contributed by atoms with van der Waals surface area (Å²) in [7, 11) is 0. The quantitative estimate of drug-likeness (QED) is 0.200. The molecule has 7 aromatic rings. The molecule has 1 aliphatic heterocycles. The number of hydrogen-bond acceptors (Lipinski definition) is 3. The zero-order valence-electron chi connectivity index (χ0n) is 22.0. The Morgan fingerprint density at radius 3 is 1.66 bits per heavy atom. The van der Waals surface area contributed by atoms with Crippen LogP contribution < -0.4 is 10.3 Å². The monoisotopic (exact) mass is 525 g/mol. The Morgan fingerprint density at radius 1 is 0.488 bits per heavy atom. The van der Waals surface area contributed by atoms with Gasteiger partial charge in [0.15, 0.2) is 0 Å². The summed E-state index contributed by atoms with van der Waals surface area (Å²) in [5.41, 5.74) is 11.5. The molecule has 0 bridgehead atoms. The van der Waals surface area contributed by atoms with Gasteiger partial charge in [-0.15, -0.1) is 0 Å². The zero-order valence-corrected chi connectivity index (χ0v) is 22.0. The normalized spacial score (nSPS) is 14.1. The molecule has 6 aromatic carbocycles. The molecule has 41 heavy (non-hydrogen) atoms. The Labute approximate surface area is 236 Å². The SMILES string of the molecule is O=c1c2ccccc2oc2cc(N3c4ccccc4C4(c5ccccc5-c5ccccc54)c4ccccc43)ccc12. The van der Waals surface area contributed by atoms with Crippen LogP contribution in [0.4, 0.5) is 17.1 Å². The van der Waals surface area contributed by atoms with Gasteiger partial charge in [0.05, 0.1) is 27.6 Å². The minimum absolute atomic E-state index is 0.00836. The summed E-state index contributed by atoms with van der Waals surface area (Å²) >= 11 is 0. The average Bonchev–Trinajstić information content (AvgIpc) is 3.32. The lowest BCUT2D eigenvalue weighted by molar-refractivity contribution is 0.660. The van der Waals surface area contributed by atoms with Crippen molar-refractivity contribution < 1.29 is 4.42 Å². The number of nitrogens with zero attached hydrogens (tertiary/aromatic N) is 1. The van der Waals surface area contributed by atoms with E-state index in [-0.39, 0.29) is 5.43 Å². The van der Waals surface area contributed by atoms with E-state index in [1.807, 2.05) is 42.5 Å². The predicted octanol–water partition coefficient (Wildman–Crippen LogP) is 9.09. The minimum Gasteiger partial charge on any atom is -0.456 e. The largest absolute Gasteiger partial charge is 0.456 e. The summed E-state index contributed by atoms with van der Waals surface area (Å²) in [5, 5.41) is 1.18. The predicted molar refractivity (Wildman–Crippen MR) is 166 cm³/mol. The fraction of sp³-hybridized carbons (Fsp3) is 0.0263. The van der Waals surface area contributed by atoms with E-state index >= 15 is 0 Å². The highest BCUT2D eigenvalue weighted by molar-refractivity contribution is 5.98. The molecule has 3 nitrogen and oxygen atoms in total. The van der Waals surface area contributed by atoms with Gasteiger partial charge in [-0.05, 0) is 69.8 Å². The average molecular weight is 526 g/mol. The topological polar surface area (TPSA) is 33.5 Å². The molecular weight excluding hydrogens is 502 g/mol. The zero-order chi connectivity index (χ0) is 27.1. The molecule has 2 heterocycles. The summed E-state index contributed by atoms with van der Waals surface area (Å²) in [4.78, 5) is 15.6. The maximum Gasteiger partial charge on any atom is 0.200 e. The van der Waals surface area contributed by atoms with E-state index in [1.165, 1.54) is 33.4 Å². The molecule has 192 valence electrons. The lowest BCUT2D eigenvalue weighted by atomic mass is 9.64. The van der Waals surface area contributed by atoms with Crippen molar-refractivity contribution in [2.24, 2.45) is 0 Å². The molecule has 0 saturated carbocycles. The first-order chi connectivity index (χ1) is 20.3. The summed E-state index contributed by atoms with van der Waals surface area (Å²) in [6.45, 7) is 0. The number of benzene rings is 6. The first-order valence-corrected chi connectivity index (χ1v) is 13.9. The van der Waals surface area contributed by atoms with Crippen molar-refractivity contribution in [2.45, 2.75) is 5.41 Å². The van der Waals surface area contributed by atoms with E-state index < -0.39 is 5.41 Å². The molecule has 0 fully saturated rings. The number of fused-ring (bicyclic) bond motifs is 11. The van der Waals surface area contributed by atoms with E-state index in [1.54, 1.807) is 0 Å². The van der Waals surface area contributed by atoms with Crippen molar-refractivity contribution in [3.8, 4) is 11.1 Å². The fourth-order valence-electron chi connectivity index (χ4n) is 7.27. The molecule has 0 radical (unpaired) electrons. The van der Waals surface area contributed by atoms with Crippen molar-refractivity contribution in [3.63, 3.8) is 0 Å². The molecule has 0 unspecified atom stereocenters. The summed E-state index contributed by atoms with van der Waals surface area (Å²) in [6, 6.07) is 48.5. The van der Waals surface area contributed by atoms with Crippen molar-refractivity contribution in [1.29, 1.82) is 0 Å². The maximum absolute atomic E-state index is 13.3. The van der Waals surface area contributed by atoms with E-state index in [0.717, 1.165) is 17.1 Å². The fourth-order valence-corrected chi connectivity index (χ4v) is 7.27. The summed E-state index contributed by atoms with van der Waals surface area (Å²) in [6.07, 6.45) is 0. The van der Waals surface area contributed by atoms with E-state index in [2.05, 4.69) is 102 Å². The highest BCUT2D eigenvalue weighted by Crippen LogP contribution is 2.63. The van der Waals surface area contributed by atoms with Crippen LogP contribution in [0.3, 0.4) is 0 Å². The number of para-hydroxylation sites is 3. The van der Waals surface area contributed by atoms with Gasteiger partial charge in [-0.2, -0.15) is 0 Å². The molecule has 1 aliphatic carbocycles. The number of hydrogen-bond donors (Lipinski definition) is 0. The van der Waals surface area contributed by atoms with Crippen LogP contribution in [0.1, 0.15) is 22.3 Å². The summed E-state index contributed by atoms with van der Waals surface area (Å²) < 4.78 is 6.29. The Kier molecular flexibility index (Phi) is 4.41. The van der Waals surface area contributed by atoms with Gasteiger partial charge in [-0.3, -0.25) is 4.79 Å². The third-order valence-corrected chi connectivity index (χ3v) is 8.87. The van der Waals surface area contributed by atoms with Crippen molar-refractivity contribution in [3.05, 3.63) is 172 Å². The molecular formula is C38H23NO2. The molecule has 1 spiro atoms. The molecule has 0 N–H and O–H groups in total. The Bertz CT molecular complexity index is 2170. The highest BCUT2D eigenvalue weighted by Gasteiger charge is 2.51. The van der Waals surface area contributed by atoms with Gasteiger partial charge in [0.25, 0.3) is 0 Å². The van der Waals surface area contributed by atoms with E-state index in [0.29, 0.717) is 21.9 Å². The molecule has 0 amide bonds. The van der Waals surface area contributed by atoms with Crippen molar-refractivity contribution in [2.75, 3.05) is 4.90 Å². The number of rotatable bonds is 1. The van der Waals surface area contributed by atoms with E-state index in [9.17, 15) is 4.79 Å². The summed E-state index contributed by atoms with van der Waals surface area (Å²) in [5.74, 6) is 0. The van der Waals surface area contributed by atoms with Crippen LogP contribution in [-0.2, 0) is 5.41 Å². The van der Waals surface area contributed by atoms with Crippen LogP contribution >= 0.6 is 0 Å². The second-order valence-corrected chi connectivity index (χ2v) is 10.8. The van der Waals surface area contributed by atoms with Crippen LogP contribution in [0.25, 0.3) is 33.1 Å². The first kappa shape index (κ1) is 22.4. The molecule has 2 aliphatic rings. The second kappa shape index (κ2) is 8.06. The highest BCUT2D eigenvalue weighted by atomic mass is 16.3. The molecule has 0 atom stereocenters. The standard InChI is InChI=1S/C38H23NO2/c40-37-27-13-3-10-20-35(27)41-36-23-24(21-22-28(36)37)39-33-18-8-6-16-31(33)38(32-17-7-9-19-34(32)39)29-14-4-1-11-25(29)26-12-2-5-15-30(26)38/h1-23H. The van der Waals surface area contributed by atoms with Gasteiger partial charge >= 0.3 is 0 Å². The third-order valence-electron chi connectivity index (χ3n) is 8.87. The van der Waals surface area contributed by atoms with E-state index in [4.69, 9.17) is 4.42 Å². The third kappa shape index (κ3) is 2.80. The van der Waals surface area contributed by atoms with Crippen LogP contribution in [0.2, 0.25) is 0 Å². The van der Waals surface area contributed by atoms with Gasteiger partial charge in [0, 0.05) is 11.8 Å². The molecule has 0 saturated heterocycles. The molecule has 9 rings (SSSR count). The first-order valence-electron chi connectivity index (χ1n) is 13.9. The molecule has 1 aromatic heterocycles. The van der Waals surface area contributed by atoms with Crippen LogP contribution in [0, 0.1) is 0 Å². The Balaban J connectivity index is 1.37. The van der Waals surface area contributed by atoms with Crippen molar-refractivity contribution in [1.82, 2.24) is 0 Å². The van der Waals surface area contributed by atoms with Gasteiger partial charge < -0.3 is 9.32 Å². The van der Waals surface area contributed by atoms with Gasteiger partial charge in [0.2, 0.25) is 5.43 Å². The van der Waals surface area contributed by atoms with Gasteiger partial charge in [-0.1, -0.05) is 97.1 Å².